The number of hydrogen-bond acceptors (Lipinski definition) is 4. The van der Waals surface area contributed by atoms with Gasteiger partial charge in [-0.2, -0.15) is 0 Å². The smallest absolute Gasteiger partial charge is 0.329 e. The molecule has 0 unspecified atom stereocenters. The molecule has 0 aliphatic carbocycles. The molecule has 25 heavy (non-hydrogen) atoms. The zero-order chi connectivity index (χ0) is 18.0. The molecule has 1 fully saturated rings. The number of methoxy groups -OCH3 is 1. The topological polar surface area (TPSA) is 80.6 Å². The Hall–Kier alpha value is -3.53. The fourth-order valence-corrected chi connectivity index (χ4v) is 2.68. The molecule has 1 saturated heterocycles. The summed E-state index contributed by atoms with van der Waals surface area (Å²) in [5.74, 6) is 1.33. The molecule has 0 atom stereocenters. The van der Waals surface area contributed by atoms with E-state index in [-0.39, 0.29) is 5.70 Å². The molecule has 126 valence electrons. The molecule has 0 radical (unpaired) electrons. The summed E-state index contributed by atoms with van der Waals surface area (Å²) in [4.78, 5) is 36.4. The molecule has 7 nitrogen and oxygen atoms in total. The minimum Gasteiger partial charge on any atom is -0.468 e. The van der Waals surface area contributed by atoms with Gasteiger partial charge in [0.1, 0.15) is 12.2 Å². The van der Waals surface area contributed by atoms with Crippen LogP contribution in [0.15, 0.2) is 36.2 Å². The van der Waals surface area contributed by atoms with Crippen molar-refractivity contribution in [3.63, 3.8) is 0 Å². The monoisotopic (exact) mass is 337 g/mol. The lowest BCUT2D eigenvalue weighted by molar-refractivity contribution is -0.143. The van der Waals surface area contributed by atoms with Crippen molar-refractivity contribution in [2.75, 3.05) is 13.7 Å². The van der Waals surface area contributed by atoms with E-state index in [4.69, 9.17) is 6.42 Å². The Morgan fingerprint density at radius 3 is 2.84 bits per heavy atom. The Morgan fingerprint density at radius 1 is 1.36 bits per heavy atom. The first-order valence-corrected chi connectivity index (χ1v) is 7.48. The Labute approximate surface area is 143 Å². The number of esters is 1. The van der Waals surface area contributed by atoms with Crippen molar-refractivity contribution in [2.45, 2.75) is 6.54 Å². The number of amides is 3. The van der Waals surface area contributed by atoms with Crippen molar-refractivity contribution in [1.29, 1.82) is 0 Å². The van der Waals surface area contributed by atoms with E-state index in [1.165, 1.54) is 7.11 Å². The molecule has 3 rings (SSSR count). The van der Waals surface area contributed by atoms with Crippen LogP contribution < -0.4 is 5.32 Å². The van der Waals surface area contributed by atoms with Crippen molar-refractivity contribution in [3.05, 3.63) is 41.7 Å². The Balaban J connectivity index is 1.98. The number of urea groups is 1. The first-order chi connectivity index (χ1) is 12.0. The van der Waals surface area contributed by atoms with Gasteiger partial charge in [-0.1, -0.05) is 24.1 Å². The van der Waals surface area contributed by atoms with Crippen molar-refractivity contribution in [3.8, 4) is 12.3 Å². The molecule has 7 heteroatoms. The van der Waals surface area contributed by atoms with E-state index in [1.54, 1.807) is 6.08 Å². The highest BCUT2D eigenvalue weighted by Crippen LogP contribution is 2.24. The number of carbonyl (C=O) groups excluding carboxylic acids is 3. The molecule has 1 aliphatic rings. The van der Waals surface area contributed by atoms with Crippen LogP contribution in [0.5, 0.6) is 0 Å². The summed E-state index contributed by atoms with van der Waals surface area (Å²) in [5.41, 5.74) is 1.77. The predicted octanol–water partition coefficient (Wildman–Crippen LogP) is 1.34. The van der Waals surface area contributed by atoms with Crippen LogP contribution in [-0.4, -0.2) is 41.0 Å². The number of terminal acetylenes is 1. The fraction of sp³-hybridized carbons (Fsp3) is 0.167. The molecule has 3 amide bonds. The average molecular weight is 337 g/mol. The molecule has 0 spiro atoms. The van der Waals surface area contributed by atoms with Gasteiger partial charge < -0.3 is 14.6 Å². The minimum absolute atomic E-state index is 0.0949. The summed E-state index contributed by atoms with van der Waals surface area (Å²) < 4.78 is 6.38. The average Bonchev–Trinajstić information content (AvgIpc) is 3.08. The zero-order valence-electron chi connectivity index (χ0n) is 13.5. The molecule has 1 aromatic heterocycles. The van der Waals surface area contributed by atoms with Crippen molar-refractivity contribution < 1.29 is 19.1 Å². The van der Waals surface area contributed by atoms with Gasteiger partial charge in [0.05, 0.1) is 13.7 Å². The fourth-order valence-electron chi connectivity index (χ4n) is 2.68. The van der Waals surface area contributed by atoms with Gasteiger partial charge in [-0.15, -0.1) is 6.42 Å². The van der Waals surface area contributed by atoms with E-state index >= 15 is 0 Å². The van der Waals surface area contributed by atoms with E-state index in [2.05, 4.69) is 16.0 Å². The van der Waals surface area contributed by atoms with Crippen molar-refractivity contribution in [2.24, 2.45) is 0 Å². The van der Waals surface area contributed by atoms with E-state index in [9.17, 15) is 14.4 Å². The maximum Gasteiger partial charge on any atom is 0.329 e. The number of benzene rings is 1. The largest absolute Gasteiger partial charge is 0.468 e. The summed E-state index contributed by atoms with van der Waals surface area (Å²) in [6, 6.07) is 6.94. The van der Waals surface area contributed by atoms with E-state index in [0.717, 1.165) is 21.4 Å². The van der Waals surface area contributed by atoms with E-state index < -0.39 is 24.5 Å². The lowest BCUT2D eigenvalue weighted by atomic mass is 10.1. The molecule has 0 saturated carbocycles. The second-order valence-corrected chi connectivity index (χ2v) is 5.39. The highest BCUT2D eigenvalue weighted by atomic mass is 16.5. The number of imide groups is 1. The summed E-state index contributed by atoms with van der Waals surface area (Å²) in [5, 5.41) is 3.38. The third-order valence-corrected chi connectivity index (χ3v) is 3.86. The molecule has 0 bridgehead atoms. The Bertz CT molecular complexity index is 949. The lowest BCUT2D eigenvalue weighted by Gasteiger charge is -2.08. The first kappa shape index (κ1) is 16.3. The summed E-state index contributed by atoms with van der Waals surface area (Å²) in [7, 11) is 1.19. The number of ether oxygens (including phenoxy) is 1. The molecular weight excluding hydrogens is 322 g/mol. The third-order valence-electron chi connectivity index (χ3n) is 3.86. The van der Waals surface area contributed by atoms with Gasteiger partial charge in [0, 0.05) is 22.7 Å². The van der Waals surface area contributed by atoms with Crippen LogP contribution in [0, 0.1) is 12.3 Å². The number of fused-ring (bicyclic) bond motifs is 1. The standard InChI is InChI=1S/C18H15N3O4/c1-3-8-20-10-12(13-6-4-5-7-15(13)20)9-14-17(23)21(18(24)19-14)11-16(22)25-2/h1,4-7,9-10H,8,11H2,2H3,(H,19,24). The van der Waals surface area contributed by atoms with E-state index in [1.807, 2.05) is 35.0 Å². The van der Waals surface area contributed by atoms with Crippen molar-refractivity contribution in [1.82, 2.24) is 14.8 Å². The second-order valence-electron chi connectivity index (χ2n) is 5.39. The maximum atomic E-state index is 12.4. The lowest BCUT2D eigenvalue weighted by Crippen LogP contribution is -2.36. The minimum atomic E-state index is -0.671. The summed E-state index contributed by atoms with van der Waals surface area (Å²) in [6.45, 7) is -0.0458. The molecule has 2 heterocycles. The summed E-state index contributed by atoms with van der Waals surface area (Å²) in [6.07, 6.45) is 8.79. The highest BCUT2D eigenvalue weighted by molar-refractivity contribution is 6.15. The zero-order valence-corrected chi connectivity index (χ0v) is 13.5. The number of aromatic nitrogens is 1. The molecule has 1 N–H and O–H groups in total. The van der Waals surface area contributed by atoms with Crippen LogP contribution in [0.3, 0.4) is 0 Å². The van der Waals surface area contributed by atoms with Crippen LogP contribution in [0.2, 0.25) is 0 Å². The number of nitrogens with one attached hydrogen (secondary N) is 1. The van der Waals surface area contributed by atoms with Crippen molar-refractivity contribution >= 4 is 34.9 Å². The van der Waals surface area contributed by atoms with Crippen LogP contribution in [0.4, 0.5) is 4.79 Å². The van der Waals surface area contributed by atoms with Gasteiger partial charge >= 0.3 is 12.0 Å². The number of hydrogen-bond donors (Lipinski definition) is 1. The number of carbonyl (C=O) groups is 3. The highest BCUT2D eigenvalue weighted by Gasteiger charge is 2.35. The quantitative estimate of drug-likeness (QED) is 0.395. The van der Waals surface area contributed by atoms with E-state index in [0.29, 0.717) is 6.54 Å². The maximum absolute atomic E-state index is 12.4. The first-order valence-electron chi connectivity index (χ1n) is 7.48. The predicted molar refractivity (Wildman–Crippen MR) is 91.0 cm³/mol. The second kappa shape index (κ2) is 6.53. The van der Waals surface area contributed by atoms with Crippen LogP contribution >= 0.6 is 0 Å². The van der Waals surface area contributed by atoms with Crippen LogP contribution in [0.1, 0.15) is 5.56 Å². The molecular formula is C18H15N3O4. The van der Waals surface area contributed by atoms with Gasteiger partial charge in [-0.25, -0.2) is 9.69 Å². The number of rotatable bonds is 4. The SMILES string of the molecule is C#CCn1cc(C=C2NC(=O)N(CC(=O)OC)C2=O)c2ccccc21. The Kier molecular flexibility index (Phi) is 4.27. The molecule has 2 aromatic rings. The van der Waals surface area contributed by atoms with Gasteiger partial charge in [0.15, 0.2) is 0 Å². The summed E-state index contributed by atoms with van der Waals surface area (Å²) >= 11 is 0. The van der Waals surface area contributed by atoms with Gasteiger partial charge in [-0.3, -0.25) is 9.59 Å². The van der Waals surface area contributed by atoms with Gasteiger partial charge in [0.25, 0.3) is 5.91 Å². The van der Waals surface area contributed by atoms with Gasteiger partial charge in [-0.05, 0) is 12.1 Å². The number of nitrogens with zero attached hydrogens (tertiary/aromatic N) is 2. The van der Waals surface area contributed by atoms with Gasteiger partial charge in [0.2, 0.25) is 0 Å². The van der Waals surface area contributed by atoms with Crippen LogP contribution in [-0.2, 0) is 20.9 Å². The van der Waals surface area contributed by atoms with Crippen LogP contribution in [0.25, 0.3) is 17.0 Å². The molecule has 1 aliphatic heterocycles. The third kappa shape index (κ3) is 2.97. The number of para-hydroxylation sites is 1. The normalized spacial score (nSPS) is 15.5. The molecule has 1 aromatic carbocycles. The Morgan fingerprint density at radius 2 is 2.12 bits per heavy atom.